The van der Waals surface area contributed by atoms with Gasteiger partial charge in [-0.1, -0.05) is 53.3 Å². The standard InChI is InChI=1S/C13H7ClN2O2S/c14-13(11-6-7-12(19-11)16(17)18)10(8-15)9-4-2-1-3-5-9/h1-7H/b13-10+. The van der Waals surface area contributed by atoms with E-state index in [2.05, 4.69) is 0 Å². The molecule has 0 fully saturated rings. The number of benzene rings is 1. The Hall–Kier alpha value is -2.16. The Morgan fingerprint density at radius 2 is 1.95 bits per heavy atom. The van der Waals surface area contributed by atoms with Crippen LogP contribution in [0.3, 0.4) is 0 Å². The highest BCUT2D eigenvalue weighted by Gasteiger charge is 2.15. The second kappa shape index (κ2) is 5.65. The van der Waals surface area contributed by atoms with E-state index in [4.69, 9.17) is 11.6 Å². The highest BCUT2D eigenvalue weighted by Crippen LogP contribution is 2.36. The Kier molecular flexibility index (Phi) is 3.95. The first kappa shape index (κ1) is 13.3. The molecular weight excluding hydrogens is 284 g/mol. The van der Waals surface area contributed by atoms with Gasteiger partial charge in [-0.3, -0.25) is 10.1 Å². The predicted molar refractivity (Wildman–Crippen MR) is 75.7 cm³/mol. The molecule has 4 nitrogen and oxygen atoms in total. The van der Waals surface area contributed by atoms with Crippen LogP contribution >= 0.6 is 22.9 Å². The predicted octanol–water partition coefficient (Wildman–Crippen LogP) is 4.29. The third-order valence-electron chi connectivity index (χ3n) is 2.38. The summed E-state index contributed by atoms with van der Waals surface area (Å²) in [7, 11) is 0. The third-order valence-corrected chi connectivity index (χ3v) is 3.94. The van der Waals surface area contributed by atoms with E-state index in [0.29, 0.717) is 16.0 Å². The van der Waals surface area contributed by atoms with Gasteiger partial charge in [-0.25, -0.2) is 0 Å². The molecule has 0 aliphatic carbocycles. The largest absolute Gasteiger partial charge is 0.324 e. The molecule has 0 aliphatic rings. The van der Waals surface area contributed by atoms with E-state index in [0.717, 1.165) is 11.3 Å². The fraction of sp³-hybridized carbons (Fsp3) is 0. The lowest BCUT2D eigenvalue weighted by Crippen LogP contribution is -1.83. The lowest BCUT2D eigenvalue weighted by molar-refractivity contribution is -0.380. The van der Waals surface area contributed by atoms with Gasteiger partial charge in [0, 0.05) is 6.07 Å². The minimum atomic E-state index is -0.479. The molecule has 0 N–H and O–H groups in total. The van der Waals surface area contributed by atoms with E-state index in [1.54, 1.807) is 30.3 Å². The Bertz CT molecular complexity index is 686. The molecule has 2 rings (SSSR count). The van der Waals surface area contributed by atoms with Gasteiger partial charge < -0.3 is 0 Å². The summed E-state index contributed by atoms with van der Waals surface area (Å²) >= 11 is 7.12. The van der Waals surface area contributed by atoms with Gasteiger partial charge in [0.1, 0.15) is 6.07 Å². The molecule has 1 heterocycles. The first-order valence-corrected chi connectivity index (χ1v) is 6.43. The minimum Gasteiger partial charge on any atom is -0.258 e. The molecule has 19 heavy (non-hydrogen) atoms. The van der Waals surface area contributed by atoms with Crippen molar-refractivity contribution in [2.45, 2.75) is 0 Å². The maximum Gasteiger partial charge on any atom is 0.324 e. The summed E-state index contributed by atoms with van der Waals surface area (Å²) in [5.41, 5.74) is 0.991. The van der Waals surface area contributed by atoms with Crippen LogP contribution < -0.4 is 0 Å². The highest BCUT2D eigenvalue weighted by atomic mass is 35.5. The number of nitrogens with zero attached hydrogens (tertiary/aromatic N) is 2. The van der Waals surface area contributed by atoms with Crippen molar-refractivity contribution in [2.24, 2.45) is 0 Å². The van der Waals surface area contributed by atoms with E-state index < -0.39 is 4.92 Å². The number of thiophene rings is 1. The molecule has 2 aromatic rings. The van der Waals surface area contributed by atoms with Crippen molar-refractivity contribution in [3.63, 3.8) is 0 Å². The maximum absolute atomic E-state index is 10.6. The highest BCUT2D eigenvalue weighted by molar-refractivity contribution is 7.17. The van der Waals surface area contributed by atoms with Crippen LogP contribution in [0.25, 0.3) is 10.6 Å². The normalized spacial score (nSPS) is 11.6. The molecule has 1 aromatic carbocycles. The molecule has 0 saturated heterocycles. The van der Waals surface area contributed by atoms with Crippen molar-refractivity contribution in [3.8, 4) is 6.07 Å². The van der Waals surface area contributed by atoms with E-state index in [-0.39, 0.29) is 10.0 Å². The second-order valence-corrected chi connectivity index (χ2v) is 5.00. The lowest BCUT2D eigenvalue weighted by Gasteiger charge is -2.01. The molecule has 0 aliphatic heterocycles. The first-order valence-electron chi connectivity index (χ1n) is 5.23. The van der Waals surface area contributed by atoms with E-state index in [1.807, 2.05) is 12.1 Å². The molecule has 0 amide bonds. The average Bonchev–Trinajstić information content (AvgIpc) is 2.90. The van der Waals surface area contributed by atoms with Crippen molar-refractivity contribution in [3.05, 3.63) is 63.0 Å². The van der Waals surface area contributed by atoms with Crippen LogP contribution in [0, 0.1) is 21.4 Å². The van der Waals surface area contributed by atoms with E-state index in [1.165, 1.54) is 6.07 Å². The van der Waals surface area contributed by atoms with Gasteiger partial charge >= 0.3 is 5.00 Å². The number of hydrogen-bond acceptors (Lipinski definition) is 4. The van der Waals surface area contributed by atoms with Gasteiger partial charge in [0.05, 0.1) is 20.4 Å². The summed E-state index contributed by atoms with van der Waals surface area (Å²) in [6, 6.07) is 13.9. The van der Waals surface area contributed by atoms with Gasteiger partial charge in [-0.05, 0) is 11.6 Å². The summed E-state index contributed by atoms with van der Waals surface area (Å²) < 4.78 is 0. The van der Waals surface area contributed by atoms with Crippen LogP contribution in [0.2, 0.25) is 0 Å². The van der Waals surface area contributed by atoms with Crippen molar-refractivity contribution in [1.82, 2.24) is 0 Å². The molecule has 0 unspecified atom stereocenters. The smallest absolute Gasteiger partial charge is 0.258 e. The third kappa shape index (κ3) is 2.81. The van der Waals surface area contributed by atoms with Gasteiger partial charge in [-0.15, -0.1) is 0 Å². The zero-order valence-corrected chi connectivity index (χ0v) is 11.1. The summed E-state index contributed by atoms with van der Waals surface area (Å²) in [4.78, 5) is 10.7. The zero-order chi connectivity index (χ0) is 13.8. The summed E-state index contributed by atoms with van der Waals surface area (Å²) in [6.07, 6.45) is 0. The fourth-order valence-electron chi connectivity index (χ4n) is 1.51. The summed E-state index contributed by atoms with van der Waals surface area (Å²) in [5.74, 6) is 0. The maximum atomic E-state index is 10.6. The Labute approximate surface area is 118 Å². The van der Waals surface area contributed by atoms with Crippen LogP contribution in [0.5, 0.6) is 0 Å². The van der Waals surface area contributed by atoms with Crippen LogP contribution in [0.1, 0.15) is 10.4 Å². The number of nitriles is 1. The number of allylic oxidation sites excluding steroid dienone is 1. The Balaban J connectivity index is 2.49. The number of rotatable bonds is 3. The van der Waals surface area contributed by atoms with E-state index >= 15 is 0 Å². The molecule has 0 spiro atoms. The molecule has 0 radical (unpaired) electrons. The van der Waals surface area contributed by atoms with Crippen LogP contribution in [-0.4, -0.2) is 4.92 Å². The van der Waals surface area contributed by atoms with Gasteiger partial charge in [0.2, 0.25) is 0 Å². The Morgan fingerprint density at radius 1 is 1.26 bits per heavy atom. The molecule has 1 aromatic heterocycles. The van der Waals surface area contributed by atoms with Crippen molar-refractivity contribution < 1.29 is 4.92 Å². The molecule has 0 bridgehead atoms. The molecule has 0 saturated carbocycles. The zero-order valence-electron chi connectivity index (χ0n) is 9.54. The molecule has 0 atom stereocenters. The van der Waals surface area contributed by atoms with Gasteiger partial charge in [0.25, 0.3) is 0 Å². The monoisotopic (exact) mass is 290 g/mol. The minimum absolute atomic E-state index is 0.00139. The van der Waals surface area contributed by atoms with Crippen LogP contribution in [0.4, 0.5) is 5.00 Å². The van der Waals surface area contributed by atoms with Gasteiger partial charge in [-0.2, -0.15) is 5.26 Å². The quantitative estimate of drug-likeness (QED) is 0.481. The Morgan fingerprint density at radius 3 is 2.47 bits per heavy atom. The van der Waals surface area contributed by atoms with Crippen molar-refractivity contribution in [1.29, 1.82) is 5.26 Å². The molecule has 94 valence electrons. The summed E-state index contributed by atoms with van der Waals surface area (Å²) in [5, 5.41) is 20.1. The summed E-state index contributed by atoms with van der Waals surface area (Å²) in [6.45, 7) is 0. The SMILES string of the molecule is N#C/C(=C(\Cl)c1ccc([N+](=O)[O-])s1)c1ccccc1. The number of hydrogen-bond donors (Lipinski definition) is 0. The van der Waals surface area contributed by atoms with Crippen LogP contribution in [0.15, 0.2) is 42.5 Å². The van der Waals surface area contributed by atoms with Crippen molar-refractivity contribution in [2.75, 3.05) is 0 Å². The molecule has 6 heteroatoms. The fourth-order valence-corrected chi connectivity index (χ4v) is 2.61. The number of halogens is 1. The lowest BCUT2D eigenvalue weighted by atomic mass is 10.1. The van der Waals surface area contributed by atoms with Crippen LogP contribution in [-0.2, 0) is 0 Å². The number of nitro groups is 1. The topological polar surface area (TPSA) is 66.9 Å². The van der Waals surface area contributed by atoms with Crippen molar-refractivity contribution >= 4 is 38.5 Å². The molecular formula is C13H7ClN2O2S. The second-order valence-electron chi connectivity index (χ2n) is 3.56. The van der Waals surface area contributed by atoms with Gasteiger partial charge in [0.15, 0.2) is 0 Å². The van der Waals surface area contributed by atoms with E-state index in [9.17, 15) is 15.4 Å². The average molecular weight is 291 g/mol. The first-order chi connectivity index (χ1) is 9.13.